The van der Waals surface area contributed by atoms with Crippen LogP contribution < -0.4 is 0 Å². The van der Waals surface area contributed by atoms with Crippen LogP contribution in [0.4, 0.5) is 0 Å². The van der Waals surface area contributed by atoms with E-state index in [1.54, 1.807) is 25.3 Å². The molecule has 0 spiro atoms. The molecule has 0 aliphatic rings. The second-order valence-corrected chi connectivity index (χ2v) is 4.29. The van der Waals surface area contributed by atoms with E-state index in [-0.39, 0.29) is 0 Å². The maximum atomic E-state index is 9.65. The van der Waals surface area contributed by atoms with Gasteiger partial charge in [0.1, 0.15) is 5.75 Å². The number of rotatable bonds is 6. The highest BCUT2D eigenvalue weighted by atomic mass is 35.5. The first-order valence-corrected chi connectivity index (χ1v) is 5.66. The fourth-order valence-electron chi connectivity index (χ4n) is 1.53. The molecule has 0 heterocycles. The largest absolute Gasteiger partial charge is 0.508 e. The van der Waals surface area contributed by atoms with Gasteiger partial charge in [-0.2, -0.15) is 0 Å². The van der Waals surface area contributed by atoms with Crippen molar-refractivity contribution in [2.75, 3.05) is 27.3 Å². The predicted molar refractivity (Wildman–Crippen MR) is 65.9 cm³/mol. The van der Waals surface area contributed by atoms with E-state index in [9.17, 15) is 5.11 Å². The first-order valence-electron chi connectivity index (χ1n) is 5.28. The second kappa shape index (κ2) is 6.74. The molecular formula is C12H18ClNO2. The molecule has 0 atom stereocenters. The Bertz CT molecular complexity index is 331. The maximum Gasteiger partial charge on any atom is 0.120 e. The lowest BCUT2D eigenvalue weighted by Crippen LogP contribution is -2.20. The highest BCUT2D eigenvalue weighted by Crippen LogP contribution is 2.22. The average Bonchev–Trinajstić information content (AvgIpc) is 2.24. The highest BCUT2D eigenvalue weighted by Gasteiger charge is 2.05. The summed E-state index contributed by atoms with van der Waals surface area (Å²) in [5, 5.41) is 10.3. The lowest BCUT2D eigenvalue weighted by molar-refractivity contribution is 0.178. The molecule has 4 heteroatoms. The summed E-state index contributed by atoms with van der Waals surface area (Å²) in [5.74, 6) is 0.294. The number of phenols is 1. The van der Waals surface area contributed by atoms with Crippen LogP contribution >= 0.6 is 11.6 Å². The molecule has 0 amide bonds. The SMILES string of the molecule is COCCCN(C)Cc1cc(Cl)ccc1O. The van der Waals surface area contributed by atoms with Gasteiger partial charge in [0.25, 0.3) is 0 Å². The van der Waals surface area contributed by atoms with Gasteiger partial charge >= 0.3 is 0 Å². The lowest BCUT2D eigenvalue weighted by atomic mass is 10.2. The van der Waals surface area contributed by atoms with Gasteiger partial charge in [-0.3, -0.25) is 0 Å². The Morgan fingerprint density at radius 1 is 1.44 bits per heavy atom. The van der Waals surface area contributed by atoms with Gasteiger partial charge in [-0.25, -0.2) is 0 Å². The molecule has 1 aromatic carbocycles. The van der Waals surface area contributed by atoms with E-state index in [1.807, 2.05) is 7.05 Å². The smallest absolute Gasteiger partial charge is 0.120 e. The topological polar surface area (TPSA) is 32.7 Å². The summed E-state index contributed by atoms with van der Waals surface area (Å²) in [6, 6.07) is 5.11. The van der Waals surface area contributed by atoms with Crippen molar-refractivity contribution in [1.29, 1.82) is 0 Å². The Kier molecular flexibility index (Phi) is 5.60. The molecule has 1 aromatic rings. The molecule has 0 saturated carbocycles. The molecule has 0 saturated heterocycles. The molecule has 0 aromatic heterocycles. The van der Waals surface area contributed by atoms with E-state index in [1.165, 1.54) is 0 Å². The molecule has 0 radical (unpaired) electrons. The Balaban J connectivity index is 2.48. The number of methoxy groups -OCH3 is 1. The quantitative estimate of drug-likeness (QED) is 0.780. The molecule has 3 nitrogen and oxygen atoms in total. The number of hydrogen-bond donors (Lipinski definition) is 1. The van der Waals surface area contributed by atoms with Crippen molar-refractivity contribution in [3.63, 3.8) is 0 Å². The Morgan fingerprint density at radius 3 is 2.88 bits per heavy atom. The third kappa shape index (κ3) is 4.39. The summed E-state index contributed by atoms with van der Waals surface area (Å²) in [5.41, 5.74) is 0.854. The van der Waals surface area contributed by atoms with Crippen molar-refractivity contribution in [2.45, 2.75) is 13.0 Å². The molecule has 90 valence electrons. The van der Waals surface area contributed by atoms with Crippen molar-refractivity contribution in [3.8, 4) is 5.75 Å². The molecule has 0 aliphatic carbocycles. The van der Waals surface area contributed by atoms with Crippen LogP contribution in [0.2, 0.25) is 5.02 Å². The number of benzene rings is 1. The molecule has 0 fully saturated rings. The summed E-state index contributed by atoms with van der Waals surface area (Å²) in [6.07, 6.45) is 0.980. The molecule has 1 N–H and O–H groups in total. The molecular weight excluding hydrogens is 226 g/mol. The fraction of sp³-hybridized carbons (Fsp3) is 0.500. The number of aromatic hydroxyl groups is 1. The summed E-state index contributed by atoms with van der Waals surface area (Å²) >= 11 is 5.88. The third-order valence-electron chi connectivity index (χ3n) is 2.37. The van der Waals surface area contributed by atoms with Crippen molar-refractivity contribution in [1.82, 2.24) is 4.90 Å². The van der Waals surface area contributed by atoms with E-state index < -0.39 is 0 Å². The van der Waals surface area contributed by atoms with Gasteiger partial charge in [0.15, 0.2) is 0 Å². The predicted octanol–water partition coefficient (Wildman–Crippen LogP) is 2.51. The second-order valence-electron chi connectivity index (χ2n) is 3.86. The lowest BCUT2D eigenvalue weighted by Gasteiger charge is -2.17. The molecule has 0 bridgehead atoms. The van der Waals surface area contributed by atoms with Gasteiger partial charge in [-0.05, 0) is 31.7 Å². The van der Waals surface area contributed by atoms with Crippen LogP contribution in [0.25, 0.3) is 0 Å². The monoisotopic (exact) mass is 243 g/mol. The van der Waals surface area contributed by atoms with Gasteiger partial charge in [0.2, 0.25) is 0 Å². The summed E-state index contributed by atoms with van der Waals surface area (Å²) in [4.78, 5) is 2.13. The fourth-order valence-corrected chi connectivity index (χ4v) is 1.72. The van der Waals surface area contributed by atoms with Crippen molar-refractivity contribution in [3.05, 3.63) is 28.8 Å². The van der Waals surface area contributed by atoms with Crippen LogP contribution in [-0.4, -0.2) is 37.3 Å². The van der Waals surface area contributed by atoms with E-state index in [0.717, 1.165) is 25.1 Å². The average molecular weight is 244 g/mol. The first kappa shape index (κ1) is 13.3. The van der Waals surface area contributed by atoms with Gasteiger partial charge in [0.05, 0.1) is 0 Å². The minimum absolute atomic E-state index is 0.294. The Hall–Kier alpha value is -0.770. The highest BCUT2D eigenvalue weighted by molar-refractivity contribution is 6.30. The molecule has 0 unspecified atom stereocenters. The van der Waals surface area contributed by atoms with Crippen molar-refractivity contribution < 1.29 is 9.84 Å². The zero-order valence-electron chi connectivity index (χ0n) is 9.74. The third-order valence-corrected chi connectivity index (χ3v) is 2.61. The molecule has 0 aliphatic heterocycles. The van der Waals surface area contributed by atoms with E-state index in [2.05, 4.69) is 4.90 Å². The minimum Gasteiger partial charge on any atom is -0.508 e. The summed E-state index contributed by atoms with van der Waals surface area (Å²) in [6.45, 7) is 2.38. The van der Waals surface area contributed by atoms with Crippen LogP contribution in [-0.2, 0) is 11.3 Å². The normalized spacial score (nSPS) is 11.0. The van der Waals surface area contributed by atoms with Crippen LogP contribution in [0.1, 0.15) is 12.0 Å². The van der Waals surface area contributed by atoms with E-state index in [4.69, 9.17) is 16.3 Å². The maximum absolute atomic E-state index is 9.65. The first-order chi connectivity index (χ1) is 7.63. The molecule has 1 rings (SSSR count). The number of nitrogens with zero attached hydrogens (tertiary/aromatic N) is 1. The van der Waals surface area contributed by atoms with E-state index in [0.29, 0.717) is 17.3 Å². The van der Waals surface area contributed by atoms with Crippen LogP contribution in [0.3, 0.4) is 0 Å². The zero-order valence-corrected chi connectivity index (χ0v) is 10.5. The van der Waals surface area contributed by atoms with Gasteiger partial charge < -0.3 is 14.7 Å². The van der Waals surface area contributed by atoms with Crippen LogP contribution in [0.15, 0.2) is 18.2 Å². The molecule has 16 heavy (non-hydrogen) atoms. The van der Waals surface area contributed by atoms with Crippen molar-refractivity contribution >= 4 is 11.6 Å². The van der Waals surface area contributed by atoms with Gasteiger partial charge in [-0.1, -0.05) is 11.6 Å². The standard InChI is InChI=1S/C12H18ClNO2/c1-14(6-3-7-16-2)9-10-8-11(13)4-5-12(10)15/h4-5,8,15H,3,6-7,9H2,1-2H3. The summed E-state index contributed by atoms with van der Waals surface area (Å²) in [7, 11) is 3.71. The van der Waals surface area contributed by atoms with E-state index >= 15 is 0 Å². The van der Waals surface area contributed by atoms with Crippen LogP contribution in [0.5, 0.6) is 5.75 Å². The Labute approximate surface area is 102 Å². The Morgan fingerprint density at radius 2 is 2.19 bits per heavy atom. The minimum atomic E-state index is 0.294. The zero-order chi connectivity index (χ0) is 12.0. The van der Waals surface area contributed by atoms with Crippen LogP contribution in [0, 0.1) is 0 Å². The number of hydrogen-bond acceptors (Lipinski definition) is 3. The number of phenolic OH excluding ortho intramolecular Hbond substituents is 1. The number of halogens is 1. The number of ether oxygens (including phenoxy) is 1. The summed E-state index contributed by atoms with van der Waals surface area (Å²) < 4.78 is 4.99. The van der Waals surface area contributed by atoms with Gasteiger partial charge in [0, 0.05) is 37.4 Å². The van der Waals surface area contributed by atoms with Gasteiger partial charge in [-0.15, -0.1) is 0 Å². The van der Waals surface area contributed by atoms with Crippen molar-refractivity contribution in [2.24, 2.45) is 0 Å².